The molecule has 28 nitrogen and oxygen atoms in total. The zero-order chi connectivity index (χ0) is 71.6. The fourth-order valence-corrected chi connectivity index (χ4v) is 15.7. The van der Waals surface area contributed by atoms with Crippen molar-refractivity contribution in [1.82, 2.24) is 50.5 Å². The average molecular weight is 1480 g/mol. The van der Waals surface area contributed by atoms with Gasteiger partial charge in [-0.15, -0.1) is 0 Å². The van der Waals surface area contributed by atoms with Crippen LogP contribution < -0.4 is 35.4 Å². The van der Waals surface area contributed by atoms with E-state index in [2.05, 4.69) is 40.7 Å². The van der Waals surface area contributed by atoms with Crippen molar-refractivity contribution in [1.29, 1.82) is 0 Å². The number of ether oxygens (including phenoxy) is 3. The molecular formula is C66H85Cl3N10O18S2. The number of carbonyl (C=O) groups excluding carboxylic acids is 8. The van der Waals surface area contributed by atoms with Crippen LogP contribution in [0, 0.1) is 11.8 Å². The molecule has 2 aromatic heterocycles. The summed E-state index contributed by atoms with van der Waals surface area (Å²) in [5, 5.41) is 21.3. The molecule has 2 aromatic carbocycles. The molecule has 10 atom stereocenters. The number of aliphatic hydroxyl groups excluding tert-OH is 1. The molecule has 2 saturated heterocycles. The zero-order valence-corrected chi connectivity index (χ0v) is 59.7. The molecule has 33 heteroatoms. The van der Waals surface area contributed by atoms with Crippen molar-refractivity contribution in [2.75, 3.05) is 13.1 Å². The second-order valence-corrected chi connectivity index (χ2v) is 33.6. The number of aliphatic hydroxyl groups is 1. The van der Waals surface area contributed by atoms with E-state index in [1.165, 1.54) is 9.80 Å². The lowest BCUT2D eigenvalue weighted by atomic mass is 10.0. The van der Waals surface area contributed by atoms with Crippen LogP contribution in [0.5, 0.6) is 6.08 Å². The first-order valence-electron chi connectivity index (χ1n) is 33.4. The first-order chi connectivity index (χ1) is 46.6. The van der Waals surface area contributed by atoms with Gasteiger partial charge in [0, 0.05) is 53.4 Å². The number of fused-ring (bicyclic) bond motifs is 6. The Morgan fingerprint density at radius 1 is 0.606 bits per heavy atom. The van der Waals surface area contributed by atoms with Gasteiger partial charge in [0.15, 0.2) is 11.2 Å². The van der Waals surface area contributed by atoms with E-state index >= 15 is 0 Å². The maximum Gasteiger partial charge on any atom is 0.408 e. The van der Waals surface area contributed by atoms with Gasteiger partial charge in [-0.2, -0.15) is 9.97 Å². The van der Waals surface area contributed by atoms with E-state index < -0.39 is 149 Å². The highest BCUT2D eigenvalue weighted by atomic mass is 35.5. The van der Waals surface area contributed by atoms with Crippen molar-refractivity contribution in [3.8, 4) is 6.08 Å². The van der Waals surface area contributed by atoms with Gasteiger partial charge in [-0.3, -0.25) is 38.2 Å². The van der Waals surface area contributed by atoms with Crippen LogP contribution in [0.3, 0.4) is 0 Å². The highest BCUT2D eigenvalue weighted by molar-refractivity contribution is 7.91. The van der Waals surface area contributed by atoms with Gasteiger partial charge < -0.3 is 59.2 Å². The Bertz CT molecular complexity index is 4040. The molecule has 0 unspecified atom stereocenters. The van der Waals surface area contributed by atoms with E-state index in [-0.39, 0.29) is 50.2 Å². The molecule has 0 radical (unpaired) electrons. The number of oxazole rings is 2. The zero-order valence-electron chi connectivity index (χ0n) is 55.8. The van der Waals surface area contributed by atoms with E-state index in [1.54, 1.807) is 77.9 Å². The summed E-state index contributed by atoms with van der Waals surface area (Å²) in [6.07, 6.45) is 13.0. The van der Waals surface area contributed by atoms with Crippen LogP contribution in [0.4, 0.5) is 9.59 Å². The smallest absolute Gasteiger partial charge is 0.408 e. The third-order valence-electron chi connectivity index (χ3n) is 18.0. The summed E-state index contributed by atoms with van der Waals surface area (Å²) in [5.74, 6) is -4.75. The van der Waals surface area contributed by atoms with Crippen LogP contribution in [0.2, 0.25) is 15.4 Å². The van der Waals surface area contributed by atoms with Crippen molar-refractivity contribution < 1.29 is 83.3 Å². The maximum atomic E-state index is 14.3. The largest absolute Gasteiger partial charge is 0.445 e. The lowest BCUT2D eigenvalue weighted by Crippen LogP contribution is -2.58. The van der Waals surface area contributed by atoms with E-state index in [0.717, 1.165) is 31.2 Å². The van der Waals surface area contributed by atoms with Gasteiger partial charge >= 0.3 is 18.3 Å². The Morgan fingerprint density at radius 2 is 1.05 bits per heavy atom. The van der Waals surface area contributed by atoms with Crippen molar-refractivity contribution in [3.05, 3.63) is 76.1 Å². The molecular weight excluding hydrogens is 1390 g/mol. The second kappa shape index (κ2) is 30.1. The fraction of sp³-hybridized carbons (Fsp3) is 0.606. The predicted molar refractivity (Wildman–Crippen MR) is 363 cm³/mol. The molecule has 0 bridgehead atoms. The van der Waals surface area contributed by atoms with Crippen molar-refractivity contribution in [2.45, 2.75) is 226 Å². The minimum atomic E-state index is -3.88. The molecule has 7 N–H and O–H groups in total. The maximum absolute atomic E-state index is 14.3. The molecule has 6 heterocycles. The molecule has 8 aliphatic rings. The Balaban J connectivity index is 0.000000188. The van der Waals surface area contributed by atoms with Crippen LogP contribution in [0.25, 0.3) is 22.2 Å². The van der Waals surface area contributed by atoms with Crippen LogP contribution in [0.1, 0.15) is 157 Å². The molecule has 4 aliphatic carbocycles. The summed E-state index contributed by atoms with van der Waals surface area (Å²) >= 11 is 17.3. The third kappa shape index (κ3) is 19.2. The summed E-state index contributed by atoms with van der Waals surface area (Å²) in [6, 6.07) is 5.91. The number of allylic oxidation sites excluding steroid dienone is 2. The lowest BCUT2D eigenvalue weighted by Gasteiger charge is -2.30. The second-order valence-electron chi connectivity index (χ2n) is 28.5. The number of sulfonamides is 2. The lowest BCUT2D eigenvalue weighted by molar-refractivity contribution is -0.141. The standard InChI is InChI=1S/C33H42ClN5O9S.C26H40N4O8S.C7H3Cl2NO/c1-32(2,3)48-30(43)35-24-10-8-6-4-5-7-9-19-17-33(19,29(42)38-49(44,45)22-12-13-22)37-27(40)25-16-21(18-39(25)28(24)41)46-31-36-23-14-11-20(34)15-26(23)47-31;1-25(2,3)38-24(35)27-19-10-8-6-4-5-7-9-16-14-26(16,23(34)29-39(36,37)18-11-12-18)28-21(32)20-13-17(31)15-30(20)22(19)33;8-4-1-2-5-6(3-4)11-7(9)10-5/h7,9,11,14-15,19,21-22,24-25H,4-6,8,10,12-13,16-18H2,1-3H3,(H,35,43)(H,37,40)(H,38,42);7,9,16-20,31H,4-6,8,10-15H2,1-3H3,(H,27,35)(H,28,32)(H,29,34);1-3H/b2*9-7-;/t19-,21-,24+,25+,33-;16-,17-,19+,20+,26-;/m11./s1. The minimum absolute atomic E-state index is 0.00872. The van der Waals surface area contributed by atoms with Gasteiger partial charge in [0.25, 0.3) is 17.2 Å². The molecule has 12 rings (SSSR count). The molecule has 540 valence electrons. The van der Waals surface area contributed by atoms with Gasteiger partial charge in [-0.1, -0.05) is 73.2 Å². The number of carbonyl (C=O) groups is 8. The molecule has 4 aliphatic heterocycles. The van der Waals surface area contributed by atoms with Gasteiger partial charge in [-0.25, -0.2) is 26.4 Å². The number of nitrogens with zero attached hydrogens (tertiary/aromatic N) is 4. The molecule has 8 amide bonds. The van der Waals surface area contributed by atoms with Crippen LogP contribution in [-0.4, -0.2) is 172 Å². The number of hydrogen-bond donors (Lipinski definition) is 7. The summed E-state index contributed by atoms with van der Waals surface area (Å²) in [7, 11) is -7.71. The number of benzene rings is 2. The topological polar surface area (TPSA) is 383 Å². The van der Waals surface area contributed by atoms with Gasteiger partial charge in [0.1, 0.15) is 63.6 Å². The number of alkyl carbamates (subject to hydrolysis) is 2. The summed E-state index contributed by atoms with van der Waals surface area (Å²) < 4.78 is 82.3. The van der Waals surface area contributed by atoms with Crippen molar-refractivity contribution >= 4 is 125 Å². The number of hydrogen-bond acceptors (Lipinski definition) is 20. The molecule has 0 spiro atoms. The first-order valence-corrected chi connectivity index (χ1v) is 37.7. The SMILES string of the molecule is CC(C)(C)OC(=O)N[C@H]1CCCCC/C=C\[C@@H]2C[C@@]2(C(=O)NS(=O)(=O)C2CC2)NC(=O)[C@@H]2C[C@@H](O)CN2C1=O.CC(C)(C)OC(=O)N[C@H]1CCCCC/C=C\[C@@H]2C[C@@]2(C(=O)NS(=O)(=O)C2CC2)NC(=O)[C@@H]2C[C@@H](Oc3nc4ccc(Cl)cc4o3)CN2C1=O.Clc1ccc2nc(Cl)oc2c1. The Kier molecular flexibility index (Phi) is 22.7. The van der Waals surface area contributed by atoms with Gasteiger partial charge in [0.05, 0.1) is 23.1 Å². The van der Waals surface area contributed by atoms with Crippen molar-refractivity contribution in [2.24, 2.45) is 11.8 Å². The molecule has 4 aromatic rings. The normalized spacial score (nSPS) is 28.4. The van der Waals surface area contributed by atoms with E-state index in [0.29, 0.717) is 90.9 Å². The van der Waals surface area contributed by atoms with Crippen LogP contribution >= 0.6 is 34.8 Å². The Hall–Kier alpha value is -7.25. The summed E-state index contributed by atoms with van der Waals surface area (Å²) in [6.45, 7) is 10.1. The number of rotatable bonds is 10. The van der Waals surface area contributed by atoms with E-state index in [4.69, 9.17) is 57.8 Å². The Morgan fingerprint density at radius 3 is 1.52 bits per heavy atom. The predicted octanol–water partition coefficient (Wildman–Crippen LogP) is 7.71. The van der Waals surface area contributed by atoms with Gasteiger partial charge in [0.2, 0.25) is 43.7 Å². The number of nitrogens with one attached hydrogen (secondary N) is 6. The summed E-state index contributed by atoms with van der Waals surface area (Å²) in [5.41, 5.74) is -2.29. The van der Waals surface area contributed by atoms with Crippen LogP contribution in [-0.2, 0) is 58.3 Å². The number of amides is 8. The quantitative estimate of drug-likeness (QED) is 0.0747. The monoisotopic (exact) mass is 1470 g/mol. The molecule has 4 saturated carbocycles. The summed E-state index contributed by atoms with van der Waals surface area (Å²) in [4.78, 5) is 119. The number of halogens is 3. The first kappa shape index (κ1) is 74.4. The highest BCUT2D eigenvalue weighted by Crippen LogP contribution is 2.48. The van der Waals surface area contributed by atoms with E-state index in [9.17, 15) is 60.3 Å². The van der Waals surface area contributed by atoms with Crippen LogP contribution in [0.15, 0.2) is 69.5 Å². The average Bonchev–Trinajstić information content (AvgIpc) is 1.58. The minimum Gasteiger partial charge on any atom is -0.445 e. The van der Waals surface area contributed by atoms with E-state index in [1.807, 2.05) is 24.3 Å². The molecule has 99 heavy (non-hydrogen) atoms. The number of aromatic nitrogens is 2. The fourth-order valence-electron chi connectivity index (χ4n) is 12.5. The molecule has 6 fully saturated rings. The van der Waals surface area contributed by atoms with Gasteiger partial charge in [-0.05, 0) is 154 Å². The highest BCUT2D eigenvalue weighted by Gasteiger charge is 2.64. The Labute approximate surface area is 588 Å². The third-order valence-corrected chi connectivity index (χ3v) is 22.3. The van der Waals surface area contributed by atoms with Crippen molar-refractivity contribution in [3.63, 3.8) is 0 Å².